The van der Waals surface area contributed by atoms with Crippen molar-refractivity contribution in [3.63, 3.8) is 0 Å². The van der Waals surface area contributed by atoms with Crippen LogP contribution in [0, 0.1) is 9.49 Å². The van der Waals surface area contributed by atoms with Crippen LogP contribution < -0.4 is 0 Å². The van der Waals surface area contributed by atoms with Gasteiger partial charge >= 0.3 is 0 Å². The van der Waals surface area contributed by atoms with Crippen LogP contribution in [0.2, 0.25) is 0 Å². The van der Waals surface area contributed by atoms with Crippen LogP contribution in [-0.4, -0.2) is 10.4 Å². The lowest BCUT2D eigenvalue weighted by atomic mass is 10.0. The summed E-state index contributed by atoms with van der Waals surface area (Å²) in [5.41, 5.74) is 2.67. The predicted octanol–water partition coefficient (Wildman–Crippen LogP) is 5.13. The summed E-state index contributed by atoms with van der Waals surface area (Å²) in [5.74, 6) is 0.633. The summed E-state index contributed by atoms with van der Waals surface area (Å²) in [6.45, 7) is 5.30. The molecule has 112 valence electrons. The standard InChI is InChI=1S/C19H18INO/c1-13(2)11-21-12-17(16-8-3-4-9-18(16)21)19(22)14-6-5-7-15(20)10-14/h3-10,12-13H,11H2,1-2H3. The van der Waals surface area contributed by atoms with E-state index in [0.29, 0.717) is 5.92 Å². The topological polar surface area (TPSA) is 22.0 Å². The van der Waals surface area contributed by atoms with Crippen molar-refractivity contribution in [2.45, 2.75) is 20.4 Å². The first-order chi connectivity index (χ1) is 10.6. The van der Waals surface area contributed by atoms with Crippen LogP contribution in [0.25, 0.3) is 10.9 Å². The number of hydrogen-bond acceptors (Lipinski definition) is 1. The number of halogens is 1. The summed E-state index contributed by atoms with van der Waals surface area (Å²) in [6, 6.07) is 15.9. The molecule has 3 heteroatoms. The lowest BCUT2D eigenvalue weighted by molar-refractivity contribution is 0.104. The molecule has 2 aromatic carbocycles. The average Bonchev–Trinajstić information content (AvgIpc) is 2.85. The van der Waals surface area contributed by atoms with Crippen LogP contribution in [0.3, 0.4) is 0 Å². The fourth-order valence-corrected chi connectivity index (χ4v) is 3.30. The Morgan fingerprint density at radius 3 is 2.64 bits per heavy atom. The number of aromatic nitrogens is 1. The summed E-state index contributed by atoms with van der Waals surface area (Å²) in [6.07, 6.45) is 2.01. The molecule has 0 radical (unpaired) electrons. The minimum atomic E-state index is 0.0947. The Hall–Kier alpha value is -1.62. The number of carbonyl (C=O) groups excluding carboxylic acids is 1. The highest BCUT2D eigenvalue weighted by Crippen LogP contribution is 2.25. The van der Waals surface area contributed by atoms with Crippen LogP contribution in [0.1, 0.15) is 29.8 Å². The third kappa shape index (κ3) is 2.95. The van der Waals surface area contributed by atoms with E-state index in [1.807, 2.05) is 48.7 Å². The van der Waals surface area contributed by atoms with E-state index in [0.717, 1.165) is 32.1 Å². The molecule has 0 saturated heterocycles. The Morgan fingerprint density at radius 2 is 1.91 bits per heavy atom. The van der Waals surface area contributed by atoms with E-state index in [2.05, 4.69) is 47.1 Å². The lowest BCUT2D eigenvalue weighted by Crippen LogP contribution is -2.04. The van der Waals surface area contributed by atoms with E-state index in [1.54, 1.807) is 0 Å². The molecule has 3 rings (SSSR count). The van der Waals surface area contributed by atoms with E-state index in [1.165, 1.54) is 0 Å². The molecular formula is C19H18INO. The van der Waals surface area contributed by atoms with Crippen molar-refractivity contribution in [2.24, 2.45) is 5.92 Å². The molecule has 0 aliphatic heterocycles. The normalized spacial score (nSPS) is 11.3. The highest BCUT2D eigenvalue weighted by Gasteiger charge is 2.17. The van der Waals surface area contributed by atoms with Gasteiger partial charge in [0.1, 0.15) is 0 Å². The molecular weight excluding hydrogens is 385 g/mol. The Bertz CT molecular complexity index is 832. The molecule has 0 atom stereocenters. The van der Waals surface area contributed by atoms with Crippen molar-refractivity contribution >= 4 is 39.3 Å². The van der Waals surface area contributed by atoms with Gasteiger partial charge in [-0.3, -0.25) is 4.79 Å². The first-order valence-electron chi connectivity index (χ1n) is 7.44. The summed E-state index contributed by atoms with van der Waals surface area (Å²) in [7, 11) is 0. The van der Waals surface area contributed by atoms with E-state index in [4.69, 9.17) is 0 Å². The van der Waals surface area contributed by atoms with Gasteiger partial charge in [-0.2, -0.15) is 0 Å². The lowest BCUT2D eigenvalue weighted by Gasteiger charge is -2.07. The summed E-state index contributed by atoms with van der Waals surface area (Å²) in [5, 5.41) is 1.03. The number of ketones is 1. The Morgan fingerprint density at radius 1 is 1.14 bits per heavy atom. The Kier molecular flexibility index (Phi) is 4.34. The Balaban J connectivity index is 2.12. The van der Waals surface area contributed by atoms with Crippen molar-refractivity contribution in [2.75, 3.05) is 0 Å². The van der Waals surface area contributed by atoms with Crippen LogP contribution in [-0.2, 0) is 6.54 Å². The second-order valence-electron chi connectivity index (χ2n) is 5.95. The van der Waals surface area contributed by atoms with Crippen LogP contribution in [0.4, 0.5) is 0 Å². The minimum Gasteiger partial charge on any atom is -0.346 e. The van der Waals surface area contributed by atoms with E-state index in [9.17, 15) is 4.79 Å². The van der Waals surface area contributed by atoms with Crippen molar-refractivity contribution in [3.05, 3.63) is 69.4 Å². The van der Waals surface area contributed by atoms with Gasteiger partial charge in [-0.05, 0) is 46.7 Å². The minimum absolute atomic E-state index is 0.0947. The summed E-state index contributed by atoms with van der Waals surface area (Å²) in [4.78, 5) is 12.9. The van der Waals surface area contributed by atoms with Crippen LogP contribution >= 0.6 is 22.6 Å². The van der Waals surface area contributed by atoms with Gasteiger partial charge in [-0.15, -0.1) is 0 Å². The van der Waals surface area contributed by atoms with Gasteiger partial charge in [0, 0.05) is 38.3 Å². The maximum atomic E-state index is 12.9. The van der Waals surface area contributed by atoms with Crippen molar-refractivity contribution in [1.82, 2.24) is 4.57 Å². The van der Waals surface area contributed by atoms with Crippen LogP contribution in [0.15, 0.2) is 54.7 Å². The third-order valence-electron chi connectivity index (χ3n) is 3.68. The molecule has 0 spiro atoms. The number of rotatable bonds is 4. The molecule has 0 fully saturated rings. The van der Waals surface area contributed by atoms with Gasteiger partial charge in [0.2, 0.25) is 0 Å². The maximum Gasteiger partial charge on any atom is 0.195 e. The SMILES string of the molecule is CC(C)Cn1cc(C(=O)c2cccc(I)c2)c2ccccc21. The van der Waals surface area contributed by atoms with Gasteiger partial charge in [0.05, 0.1) is 0 Å². The zero-order valence-electron chi connectivity index (χ0n) is 12.7. The first kappa shape index (κ1) is 15.3. The second-order valence-corrected chi connectivity index (χ2v) is 7.19. The maximum absolute atomic E-state index is 12.9. The second kappa shape index (κ2) is 6.24. The van der Waals surface area contributed by atoms with E-state index >= 15 is 0 Å². The number of fused-ring (bicyclic) bond motifs is 1. The molecule has 0 N–H and O–H groups in total. The molecule has 0 unspecified atom stereocenters. The number of para-hydroxylation sites is 1. The molecule has 22 heavy (non-hydrogen) atoms. The van der Waals surface area contributed by atoms with Crippen molar-refractivity contribution < 1.29 is 4.79 Å². The largest absolute Gasteiger partial charge is 0.346 e. The van der Waals surface area contributed by atoms with Gasteiger partial charge in [-0.1, -0.05) is 44.2 Å². The van der Waals surface area contributed by atoms with Gasteiger partial charge < -0.3 is 4.57 Å². The molecule has 1 heterocycles. The highest BCUT2D eigenvalue weighted by molar-refractivity contribution is 14.1. The Labute approximate surface area is 144 Å². The fourth-order valence-electron chi connectivity index (χ4n) is 2.76. The molecule has 0 amide bonds. The van der Waals surface area contributed by atoms with E-state index in [-0.39, 0.29) is 5.78 Å². The molecule has 3 aromatic rings. The van der Waals surface area contributed by atoms with Crippen molar-refractivity contribution in [3.8, 4) is 0 Å². The highest BCUT2D eigenvalue weighted by atomic mass is 127. The molecule has 0 aliphatic rings. The van der Waals surface area contributed by atoms with Gasteiger partial charge in [0.25, 0.3) is 0 Å². The predicted molar refractivity (Wildman–Crippen MR) is 99.4 cm³/mol. The zero-order chi connectivity index (χ0) is 15.7. The smallest absolute Gasteiger partial charge is 0.195 e. The van der Waals surface area contributed by atoms with Gasteiger partial charge in [-0.25, -0.2) is 0 Å². The van der Waals surface area contributed by atoms with Crippen molar-refractivity contribution in [1.29, 1.82) is 0 Å². The van der Waals surface area contributed by atoms with E-state index < -0.39 is 0 Å². The number of carbonyl (C=O) groups is 1. The summed E-state index contributed by atoms with van der Waals surface area (Å²) >= 11 is 2.24. The molecule has 0 saturated carbocycles. The molecule has 0 aliphatic carbocycles. The zero-order valence-corrected chi connectivity index (χ0v) is 14.9. The quantitative estimate of drug-likeness (QED) is 0.437. The molecule has 1 aromatic heterocycles. The molecule has 0 bridgehead atoms. The summed E-state index contributed by atoms with van der Waals surface area (Å²) < 4.78 is 3.27. The van der Waals surface area contributed by atoms with Crippen LogP contribution in [0.5, 0.6) is 0 Å². The van der Waals surface area contributed by atoms with Gasteiger partial charge in [0.15, 0.2) is 5.78 Å². The fraction of sp³-hybridized carbons (Fsp3) is 0.211. The average molecular weight is 403 g/mol. The number of nitrogens with zero attached hydrogens (tertiary/aromatic N) is 1. The number of benzene rings is 2. The third-order valence-corrected chi connectivity index (χ3v) is 4.35. The monoisotopic (exact) mass is 403 g/mol. The number of hydrogen-bond donors (Lipinski definition) is 0. The molecule has 2 nitrogen and oxygen atoms in total. The first-order valence-corrected chi connectivity index (χ1v) is 8.52.